The minimum Gasteiger partial charge on any atom is -0.468 e. The van der Waals surface area contributed by atoms with Crippen molar-refractivity contribution >= 4 is 21.4 Å². The summed E-state index contributed by atoms with van der Waals surface area (Å²) in [6, 6.07) is 10.1. The van der Waals surface area contributed by atoms with Crippen LogP contribution in [0.25, 0.3) is 0 Å². The van der Waals surface area contributed by atoms with Crippen LogP contribution in [0, 0.1) is 5.82 Å². The molecule has 0 saturated heterocycles. The summed E-state index contributed by atoms with van der Waals surface area (Å²) in [4.78, 5) is 0.0562. The quantitative estimate of drug-likeness (QED) is 0.677. The highest BCUT2D eigenvalue weighted by Gasteiger charge is 2.26. The van der Waals surface area contributed by atoms with Gasteiger partial charge in [-0.25, -0.2) is 12.8 Å². The Bertz CT molecular complexity index is 805. The number of benzene rings is 1. The Balaban J connectivity index is 1.93. The van der Waals surface area contributed by atoms with Crippen molar-refractivity contribution < 1.29 is 17.2 Å². The number of nitrogens with zero attached hydrogens (tertiary/aromatic N) is 1. The van der Waals surface area contributed by atoms with Gasteiger partial charge in [-0.05, 0) is 58.8 Å². The van der Waals surface area contributed by atoms with Crippen LogP contribution in [0.4, 0.5) is 4.39 Å². The Morgan fingerprint density at radius 1 is 1.09 bits per heavy atom. The van der Waals surface area contributed by atoms with E-state index < -0.39 is 15.8 Å². The molecular formula is C16H14FNO3S2. The van der Waals surface area contributed by atoms with Crippen LogP contribution < -0.4 is 0 Å². The fourth-order valence-corrected chi connectivity index (χ4v) is 4.20. The molecule has 2 heterocycles. The second-order valence-corrected chi connectivity index (χ2v) is 7.66. The lowest BCUT2D eigenvalue weighted by Gasteiger charge is -2.21. The van der Waals surface area contributed by atoms with Crippen LogP contribution in [0.3, 0.4) is 0 Å². The maximum atomic E-state index is 13.1. The smallest absolute Gasteiger partial charge is 0.243 e. The summed E-state index contributed by atoms with van der Waals surface area (Å²) in [7, 11) is -3.76. The number of thiophene rings is 1. The van der Waals surface area contributed by atoms with E-state index in [4.69, 9.17) is 4.42 Å². The van der Waals surface area contributed by atoms with Crippen LogP contribution in [0.2, 0.25) is 0 Å². The summed E-state index contributed by atoms with van der Waals surface area (Å²) in [6.07, 6.45) is 1.50. The van der Waals surface area contributed by atoms with Crippen LogP contribution in [0.5, 0.6) is 0 Å². The van der Waals surface area contributed by atoms with Gasteiger partial charge in [0.15, 0.2) is 0 Å². The Kier molecular flexibility index (Phi) is 4.61. The van der Waals surface area contributed by atoms with Gasteiger partial charge in [0.1, 0.15) is 11.6 Å². The predicted molar refractivity (Wildman–Crippen MR) is 85.9 cm³/mol. The molecule has 3 aromatic rings. The zero-order chi connectivity index (χ0) is 16.3. The lowest BCUT2D eigenvalue weighted by Crippen LogP contribution is -2.30. The molecule has 1 aromatic carbocycles. The molecule has 0 atom stereocenters. The average Bonchev–Trinajstić information content (AvgIpc) is 3.20. The fraction of sp³-hybridized carbons (Fsp3) is 0.125. The molecule has 0 aliphatic heterocycles. The summed E-state index contributed by atoms with van der Waals surface area (Å²) in [6.45, 7) is 0.340. The van der Waals surface area contributed by atoms with Crippen LogP contribution in [-0.4, -0.2) is 12.7 Å². The van der Waals surface area contributed by atoms with Crippen LogP contribution in [-0.2, 0) is 23.1 Å². The molecule has 23 heavy (non-hydrogen) atoms. The molecule has 0 saturated carbocycles. The molecular weight excluding hydrogens is 337 g/mol. The first-order chi connectivity index (χ1) is 11.1. The zero-order valence-corrected chi connectivity index (χ0v) is 13.7. The molecule has 0 spiro atoms. The van der Waals surface area contributed by atoms with Gasteiger partial charge in [0.2, 0.25) is 10.0 Å². The monoisotopic (exact) mass is 351 g/mol. The summed E-state index contributed by atoms with van der Waals surface area (Å²) in [5.74, 6) is 0.0743. The molecule has 0 aliphatic carbocycles. The van der Waals surface area contributed by atoms with Crippen molar-refractivity contribution in [1.82, 2.24) is 4.31 Å². The van der Waals surface area contributed by atoms with Gasteiger partial charge in [-0.2, -0.15) is 15.6 Å². The second-order valence-electron chi connectivity index (χ2n) is 4.94. The summed E-state index contributed by atoms with van der Waals surface area (Å²) in [5.41, 5.74) is 0.896. The first-order valence-electron chi connectivity index (χ1n) is 6.85. The molecule has 0 unspecified atom stereocenters. The number of furan rings is 1. The van der Waals surface area contributed by atoms with E-state index in [-0.39, 0.29) is 18.0 Å². The van der Waals surface area contributed by atoms with Crippen LogP contribution in [0.15, 0.2) is 68.8 Å². The van der Waals surface area contributed by atoms with Gasteiger partial charge in [0.05, 0.1) is 17.7 Å². The van der Waals surface area contributed by atoms with Gasteiger partial charge in [-0.1, -0.05) is 0 Å². The minimum atomic E-state index is -3.76. The summed E-state index contributed by atoms with van der Waals surface area (Å²) >= 11 is 1.50. The Labute approximate surface area is 137 Å². The van der Waals surface area contributed by atoms with Gasteiger partial charge in [0, 0.05) is 6.54 Å². The standard InChI is InChI=1S/C16H14FNO3S2/c17-14-3-5-16(6-4-14)23(19,20)18(10-13-7-9-22-12-13)11-15-2-1-8-21-15/h1-9,12H,10-11H2. The molecule has 4 nitrogen and oxygen atoms in total. The van der Waals surface area contributed by atoms with E-state index in [2.05, 4.69) is 0 Å². The van der Waals surface area contributed by atoms with Crippen molar-refractivity contribution in [2.24, 2.45) is 0 Å². The van der Waals surface area contributed by atoms with E-state index in [1.54, 1.807) is 12.1 Å². The highest BCUT2D eigenvalue weighted by atomic mass is 32.2. The molecule has 0 bridgehead atoms. The summed E-state index contributed by atoms with van der Waals surface area (Å²) < 4.78 is 45.4. The Morgan fingerprint density at radius 3 is 2.48 bits per heavy atom. The minimum absolute atomic E-state index is 0.0562. The molecule has 2 aromatic heterocycles. The van der Waals surface area contributed by atoms with E-state index in [0.717, 1.165) is 17.7 Å². The van der Waals surface area contributed by atoms with Gasteiger partial charge >= 0.3 is 0 Å². The first-order valence-corrected chi connectivity index (χ1v) is 9.23. The van der Waals surface area contributed by atoms with E-state index in [1.165, 1.54) is 34.0 Å². The maximum Gasteiger partial charge on any atom is 0.243 e. The number of rotatable bonds is 6. The number of hydrogen-bond donors (Lipinski definition) is 0. The zero-order valence-electron chi connectivity index (χ0n) is 12.1. The van der Waals surface area contributed by atoms with Gasteiger partial charge < -0.3 is 4.42 Å². The molecule has 0 N–H and O–H groups in total. The molecule has 3 rings (SSSR count). The number of hydrogen-bond acceptors (Lipinski definition) is 4. The third-order valence-corrected chi connectivity index (χ3v) is 5.84. The molecule has 0 aliphatic rings. The molecule has 0 fully saturated rings. The third kappa shape index (κ3) is 3.69. The Morgan fingerprint density at radius 2 is 1.87 bits per heavy atom. The van der Waals surface area contributed by atoms with E-state index in [9.17, 15) is 12.8 Å². The molecule has 7 heteroatoms. The molecule has 0 amide bonds. The van der Waals surface area contributed by atoms with E-state index in [0.29, 0.717) is 5.76 Å². The lowest BCUT2D eigenvalue weighted by molar-refractivity contribution is 0.359. The first kappa shape index (κ1) is 15.9. The highest BCUT2D eigenvalue weighted by molar-refractivity contribution is 7.89. The van der Waals surface area contributed by atoms with E-state index in [1.807, 2.05) is 16.8 Å². The van der Waals surface area contributed by atoms with Crippen molar-refractivity contribution in [1.29, 1.82) is 0 Å². The predicted octanol–water partition coefficient (Wildman–Crippen LogP) is 3.87. The van der Waals surface area contributed by atoms with E-state index >= 15 is 0 Å². The maximum absolute atomic E-state index is 13.1. The second kappa shape index (κ2) is 6.66. The molecule has 0 radical (unpaired) electrons. The topological polar surface area (TPSA) is 50.5 Å². The van der Waals surface area contributed by atoms with Crippen molar-refractivity contribution in [2.45, 2.75) is 18.0 Å². The normalized spacial score (nSPS) is 11.9. The van der Waals surface area contributed by atoms with Crippen molar-refractivity contribution in [3.63, 3.8) is 0 Å². The summed E-state index contributed by atoms with van der Waals surface area (Å²) in [5, 5.41) is 3.79. The van der Waals surface area contributed by atoms with Crippen LogP contribution >= 0.6 is 11.3 Å². The highest BCUT2D eigenvalue weighted by Crippen LogP contribution is 2.22. The number of halogens is 1. The number of sulfonamides is 1. The van der Waals surface area contributed by atoms with Crippen molar-refractivity contribution in [3.8, 4) is 0 Å². The lowest BCUT2D eigenvalue weighted by atomic mass is 10.3. The average molecular weight is 351 g/mol. The largest absolute Gasteiger partial charge is 0.468 e. The van der Waals surface area contributed by atoms with Gasteiger partial charge in [-0.3, -0.25) is 0 Å². The van der Waals surface area contributed by atoms with Crippen molar-refractivity contribution in [2.75, 3.05) is 0 Å². The van der Waals surface area contributed by atoms with Crippen molar-refractivity contribution in [3.05, 3.63) is 76.6 Å². The van der Waals surface area contributed by atoms with Gasteiger partial charge in [-0.15, -0.1) is 0 Å². The fourth-order valence-electron chi connectivity index (χ4n) is 2.14. The SMILES string of the molecule is O=S(=O)(c1ccc(F)cc1)N(Cc1ccsc1)Cc1ccco1. The Hall–Kier alpha value is -1.96. The van der Waals surface area contributed by atoms with Gasteiger partial charge in [0.25, 0.3) is 0 Å². The third-order valence-electron chi connectivity index (χ3n) is 3.30. The molecule has 120 valence electrons. The van der Waals surface area contributed by atoms with Crippen LogP contribution in [0.1, 0.15) is 11.3 Å².